The van der Waals surface area contributed by atoms with E-state index in [0.29, 0.717) is 10.9 Å². The molecule has 20 heavy (non-hydrogen) atoms. The number of aromatic nitrogens is 3. The molecule has 0 saturated carbocycles. The highest BCUT2D eigenvalue weighted by molar-refractivity contribution is 7.16. The van der Waals surface area contributed by atoms with Crippen molar-refractivity contribution in [1.82, 2.24) is 14.6 Å². The van der Waals surface area contributed by atoms with E-state index in [0.717, 1.165) is 17.8 Å². The molecule has 0 unspecified atom stereocenters. The summed E-state index contributed by atoms with van der Waals surface area (Å²) in [6.07, 6.45) is 1.97. The first kappa shape index (κ1) is 14.5. The number of carbonyl (C=O) groups is 1. The second-order valence-electron chi connectivity index (χ2n) is 4.29. The summed E-state index contributed by atoms with van der Waals surface area (Å²) in [4.78, 5) is 16.5. The van der Waals surface area contributed by atoms with Gasteiger partial charge in [0.2, 0.25) is 4.96 Å². The van der Waals surface area contributed by atoms with Crippen LogP contribution < -0.4 is 0 Å². The number of nitriles is 1. The van der Waals surface area contributed by atoms with Crippen LogP contribution in [0, 0.1) is 11.3 Å². The lowest BCUT2D eigenvalue weighted by atomic mass is 10.1. The molecular formula is C13H16N4O2S. The zero-order chi connectivity index (χ0) is 14.7. The molecule has 0 atom stereocenters. The Labute approximate surface area is 121 Å². The fraction of sp³-hybridized carbons (Fsp3) is 0.538. The van der Waals surface area contributed by atoms with Crippen molar-refractivity contribution in [2.45, 2.75) is 39.5 Å². The average molecular weight is 292 g/mol. The highest BCUT2D eigenvalue weighted by Crippen LogP contribution is 2.28. The molecule has 0 aliphatic carbocycles. The van der Waals surface area contributed by atoms with Crippen molar-refractivity contribution < 1.29 is 9.53 Å². The van der Waals surface area contributed by atoms with Crippen LogP contribution in [0.3, 0.4) is 0 Å². The van der Waals surface area contributed by atoms with Gasteiger partial charge in [-0.25, -0.2) is 9.78 Å². The van der Waals surface area contributed by atoms with Gasteiger partial charge in [-0.15, -0.1) is 0 Å². The van der Waals surface area contributed by atoms with Gasteiger partial charge in [-0.05, 0) is 19.8 Å². The van der Waals surface area contributed by atoms with E-state index in [1.165, 1.54) is 15.9 Å². The monoisotopic (exact) mass is 292 g/mol. The van der Waals surface area contributed by atoms with Crippen LogP contribution in [0.15, 0.2) is 0 Å². The van der Waals surface area contributed by atoms with E-state index in [1.54, 1.807) is 6.92 Å². The number of imidazole rings is 1. The third-order valence-corrected chi connectivity index (χ3v) is 4.20. The molecule has 0 saturated heterocycles. The smallest absolute Gasteiger partial charge is 0.360 e. The molecule has 0 spiro atoms. The van der Waals surface area contributed by atoms with Crippen LogP contribution in [0.4, 0.5) is 0 Å². The van der Waals surface area contributed by atoms with Crippen molar-refractivity contribution in [1.29, 1.82) is 5.26 Å². The molecule has 2 heterocycles. The molecule has 0 aliphatic rings. The zero-order valence-corrected chi connectivity index (χ0v) is 12.5. The molecular weight excluding hydrogens is 276 g/mol. The van der Waals surface area contributed by atoms with Crippen molar-refractivity contribution in [2.75, 3.05) is 6.61 Å². The second kappa shape index (κ2) is 6.01. The summed E-state index contributed by atoms with van der Waals surface area (Å²) >= 11 is 1.42. The summed E-state index contributed by atoms with van der Waals surface area (Å²) in [6.45, 7) is 6.17. The highest BCUT2D eigenvalue weighted by Gasteiger charge is 2.24. The van der Waals surface area contributed by atoms with Crippen LogP contribution >= 0.6 is 11.3 Å². The second-order valence-corrected chi connectivity index (χ2v) is 5.28. The predicted molar refractivity (Wildman–Crippen MR) is 74.9 cm³/mol. The third-order valence-electron chi connectivity index (χ3n) is 3.13. The molecule has 6 nitrogen and oxygen atoms in total. The van der Waals surface area contributed by atoms with E-state index in [9.17, 15) is 10.1 Å². The standard InChI is InChI=1S/C13H16N4O2S/c1-4-8(5-2)11-16-17-9(7-14)10(12(18)19-6-3)15-13(17)20-11/h8H,4-6H2,1-3H3. The first-order valence-corrected chi connectivity index (χ1v) is 7.44. The number of esters is 1. The molecule has 2 rings (SSSR count). The first-order valence-electron chi connectivity index (χ1n) is 6.62. The third kappa shape index (κ3) is 2.39. The van der Waals surface area contributed by atoms with Crippen molar-refractivity contribution in [2.24, 2.45) is 0 Å². The van der Waals surface area contributed by atoms with Gasteiger partial charge in [0.1, 0.15) is 11.1 Å². The first-order chi connectivity index (χ1) is 9.65. The Morgan fingerprint density at radius 3 is 2.70 bits per heavy atom. The van der Waals surface area contributed by atoms with Crippen molar-refractivity contribution in [3.8, 4) is 6.07 Å². The Morgan fingerprint density at radius 1 is 1.45 bits per heavy atom. The predicted octanol–water partition coefficient (Wildman–Crippen LogP) is 2.74. The summed E-state index contributed by atoms with van der Waals surface area (Å²) in [7, 11) is 0. The summed E-state index contributed by atoms with van der Waals surface area (Å²) in [5.74, 6) is -0.217. The van der Waals surface area contributed by atoms with E-state index in [1.807, 2.05) is 6.07 Å². The van der Waals surface area contributed by atoms with E-state index in [-0.39, 0.29) is 18.0 Å². The Kier molecular flexibility index (Phi) is 4.35. The fourth-order valence-electron chi connectivity index (χ4n) is 2.01. The van der Waals surface area contributed by atoms with E-state index in [4.69, 9.17) is 4.74 Å². The maximum absolute atomic E-state index is 11.8. The van der Waals surface area contributed by atoms with Gasteiger partial charge in [-0.3, -0.25) is 0 Å². The zero-order valence-electron chi connectivity index (χ0n) is 11.7. The van der Waals surface area contributed by atoms with Gasteiger partial charge in [0.05, 0.1) is 6.61 Å². The number of rotatable bonds is 5. The van der Waals surface area contributed by atoms with Gasteiger partial charge in [0.25, 0.3) is 0 Å². The van der Waals surface area contributed by atoms with Crippen LogP contribution in [0.2, 0.25) is 0 Å². The summed E-state index contributed by atoms with van der Waals surface area (Å²) in [6, 6.07) is 1.99. The van der Waals surface area contributed by atoms with Crippen LogP contribution in [-0.4, -0.2) is 27.2 Å². The minimum absolute atomic E-state index is 0.0456. The minimum Gasteiger partial charge on any atom is -0.461 e. The Morgan fingerprint density at radius 2 is 2.15 bits per heavy atom. The molecule has 0 fully saturated rings. The molecule has 0 bridgehead atoms. The SMILES string of the molecule is CCOC(=O)c1nc2sc(C(CC)CC)nn2c1C#N. The Hall–Kier alpha value is -1.94. The lowest BCUT2D eigenvalue weighted by Gasteiger charge is -2.06. The number of hydrogen-bond donors (Lipinski definition) is 0. The van der Waals surface area contributed by atoms with Gasteiger partial charge in [-0.2, -0.15) is 14.9 Å². The van der Waals surface area contributed by atoms with E-state index < -0.39 is 5.97 Å². The summed E-state index contributed by atoms with van der Waals surface area (Å²) in [5.41, 5.74) is 0.191. The summed E-state index contributed by atoms with van der Waals surface area (Å²) in [5, 5.41) is 14.6. The van der Waals surface area contributed by atoms with Gasteiger partial charge in [-0.1, -0.05) is 25.2 Å². The van der Waals surface area contributed by atoms with Crippen molar-refractivity contribution in [3.05, 3.63) is 16.4 Å². The number of hydrogen-bond acceptors (Lipinski definition) is 6. The fourth-order valence-corrected chi connectivity index (χ4v) is 3.17. The van der Waals surface area contributed by atoms with Crippen LogP contribution in [-0.2, 0) is 4.74 Å². The van der Waals surface area contributed by atoms with Gasteiger partial charge < -0.3 is 4.74 Å². The van der Waals surface area contributed by atoms with E-state index in [2.05, 4.69) is 23.9 Å². The number of carbonyl (C=O) groups excluding carboxylic acids is 1. The minimum atomic E-state index is -0.578. The molecule has 0 aliphatic heterocycles. The van der Waals surface area contributed by atoms with E-state index >= 15 is 0 Å². The maximum atomic E-state index is 11.8. The van der Waals surface area contributed by atoms with Crippen LogP contribution in [0.25, 0.3) is 4.96 Å². The molecule has 0 amide bonds. The molecule has 2 aromatic heterocycles. The number of nitrogens with zero attached hydrogens (tertiary/aromatic N) is 4. The number of ether oxygens (including phenoxy) is 1. The van der Waals surface area contributed by atoms with Crippen molar-refractivity contribution >= 4 is 22.3 Å². The quantitative estimate of drug-likeness (QED) is 0.791. The average Bonchev–Trinajstić information content (AvgIpc) is 2.97. The normalized spacial score (nSPS) is 10.9. The molecule has 0 aromatic carbocycles. The lowest BCUT2D eigenvalue weighted by Crippen LogP contribution is -2.08. The molecule has 0 radical (unpaired) electrons. The van der Waals surface area contributed by atoms with Gasteiger partial charge >= 0.3 is 5.97 Å². The van der Waals surface area contributed by atoms with Crippen LogP contribution in [0.5, 0.6) is 0 Å². The Balaban J connectivity index is 2.49. The molecule has 7 heteroatoms. The summed E-state index contributed by atoms with van der Waals surface area (Å²) < 4.78 is 6.35. The highest BCUT2D eigenvalue weighted by atomic mass is 32.1. The van der Waals surface area contributed by atoms with Crippen LogP contribution in [0.1, 0.15) is 60.7 Å². The largest absolute Gasteiger partial charge is 0.461 e. The maximum Gasteiger partial charge on any atom is 0.360 e. The molecule has 106 valence electrons. The number of fused-ring (bicyclic) bond motifs is 1. The van der Waals surface area contributed by atoms with Crippen molar-refractivity contribution in [3.63, 3.8) is 0 Å². The molecule has 0 N–H and O–H groups in total. The Bertz CT molecular complexity index is 664. The molecule has 2 aromatic rings. The van der Waals surface area contributed by atoms with Gasteiger partial charge in [0.15, 0.2) is 11.4 Å². The van der Waals surface area contributed by atoms with Gasteiger partial charge in [0, 0.05) is 5.92 Å². The lowest BCUT2D eigenvalue weighted by molar-refractivity contribution is 0.0520. The topological polar surface area (TPSA) is 80.3 Å².